The Balaban J connectivity index is 1.86. The first-order chi connectivity index (χ1) is 9.99. The smallest absolute Gasteiger partial charge is 0.358 e. The summed E-state index contributed by atoms with van der Waals surface area (Å²) in [5.41, 5.74) is 2.89. The van der Waals surface area contributed by atoms with Gasteiger partial charge >= 0.3 is 5.97 Å². The molecule has 0 saturated carbocycles. The third kappa shape index (κ3) is 3.59. The Hall–Kier alpha value is -2.37. The van der Waals surface area contributed by atoms with Gasteiger partial charge in [0.2, 0.25) is 0 Å². The van der Waals surface area contributed by atoms with E-state index in [1.54, 1.807) is 11.6 Å². The van der Waals surface area contributed by atoms with Crippen LogP contribution in [0, 0.1) is 20.8 Å². The molecule has 6 heteroatoms. The van der Waals surface area contributed by atoms with Crippen LogP contribution in [0.5, 0.6) is 5.75 Å². The van der Waals surface area contributed by atoms with Crippen LogP contribution in [0.15, 0.2) is 18.2 Å². The molecule has 0 fully saturated rings. The number of carboxylic acids is 1. The average Bonchev–Trinajstić information content (AvgIpc) is 2.78. The summed E-state index contributed by atoms with van der Waals surface area (Å²) in [5, 5.41) is 16.4. The Labute approximate surface area is 123 Å². The van der Waals surface area contributed by atoms with Crippen LogP contribution in [0.1, 0.15) is 33.7 Å². The number of aryl methyl sites for hydroxylation is 3. The van der Waals surface area contributed by atoms with Crippen LogP contribution in [-0.4, -0.2) is 32.7 Å². The Morgan fingerprint density at radius 3 is 2.71 bits per heavy atom. The van der Waals surface area contributed by atoms with Crippen molar-refractivity contribution in [3.05, 3.63) is 40.7 Å². The van der Waals surface area contributed by atoms with Gasteiger partial charge in [-0.05, 0) is 32.4 Å². The van der Waals surface area contributed by atoms with Gasteiger partial charge in [0.1, 0.15) is 5.75 Å². The summed E-state index contributed by atoms with van der Waals surface area (Å²) < 4.78 is 7.32. The Morgan fingerprint density at radius 2 is 2.10 bits per heavy atom. The van der Waals surface area contributed by atoms with Crippen molar-refractivity contribution in [3.63, 3.8) is 0 Å². The second-order valence-corrected chi connectivity index (χ2v) is 5.02. The predicted octanol–water partition coefficient (Wildman–Crippen LogP) is 2.37. The monoisotopic (exact) mass is 289 g/mol. The van der Waals surface area contributed by atoms with Crippen LogP contribution in [0.4, 0.5) is 0 Å². The summed E-state index contributed by atoms with van der Waals surface area (Å²) in [7, 11) is 0. The number of rotatable bonds is 6. The molecule has 0 radical (unpaired) electrons. The summed E-state index contributed by atoms with van der Waals surface area (Å²) in [6.07, 6.45) is 0.733. The summed E-state index contributed by atoms with van der Waals surface area (Å²) in [6.45, 7) is 6.89. The van der Waals surface area contributed by atoms with E-state index in [4.69, 9.17) is 9.84 Å². The molecule has 21 heavy (non-hydrogen) atoms. The Bertz CT molecular complexity index is 650. The maximum atomic E-state index is 10.9. The SMILES string of the molecule is Cc1ccc(OCCCn2nnc(C(=O)O)c2C)c(C)c1. The first kappa shape index (κ1) is 15.0. The first-order valence-corrected chi connectivity index (χ1v) is 6.82. The van der Waals surface area contributed by atoms with Crippen LogP contribution >= 0.6 is 0 Å². The van der Waals surface area contributed by atoms with Crippen molar-refractivity contribution >= 4 is 5.97 Å². The van der Waals surface area contributed by atoms with Gasteiger partial charge in [0, 0.05) is 13.0 Å². The minimum atomic E-state index is -1.05. The number of nitrogens with zero attached hydrogens (tertiary/aromatic N) is 3. The Morgan fingerprint density at radius 1 is 1.33 bits per heavy atom. The maximum Gasteiger partial charge on any atom is 0.358 e. The standard InChI is InChI=1S/C15H19N3O3/c1-10-5-6-13(11(2)9-10)21-8-4-7-18-12(3)14(15(19)20)16-17-18/h5-6,9H,4,7-8H2,1-3H3,(H,19,20). The number of aromatic carboxylic acids is 1. The lowest BCUT2D eigenvalue weighted by Crippen LogP contribution is -2.08. The van der Waals surface area contributed by atoms with Gasteiger partial charge in [-0.1, -0.05) is 22.9 Å². The molecule has 0 atom stereocenters. The van der Waals surface area contributed by atoms with E-state index in [-0.39, 0.29) is 5.69 Å². The first-order valence-electron chi connectivity index (χ1n) is 6.82. The zero-order valence-electron chi connectivity index (χ0n) is 12.5. The lowest BCUT2D eigenvalue weighted by molar-refractivity contribution is 0.0689. The van der Waals surface area contributed by atoms with Crippen LogP contribution in [-0.2, 0) is 6.54 Å². The van der Waals surface area contributed by atoms with Gasteiger partial charge in [0.05, 0.1) is 12.3 Å². The maximum absolute atomic E-state index is 10.9. The number of hydrogen-bond donors (Lipinski definition) is 1. The van der Waals surface area contributed by atoms with Gasteiger partial charge in [-0.3, -0.25) is 0 Å². The van der Waals surface area contributed by atoms with Crippen molar-refractivity contribution in [2.75, 3.05) is 6.61 Å². The van der Waals surface area contributed by atoms with Crippen LogP contribution in [0.3, 0.4) is 0 Å². The van der Waals surface area contributed by atoms with Gasteiger partial charge < -0.3 is 9.84 Å². The minimum Gasteiger partial charge on any atom is -0.493 e. The van der Waals surface area contributed by atoms with E-state index in [0.29, 0.717) is 18.8 Å². The summed E-state index contributed by atoms with van der Waals surface area (Å²) in [5.74, 6) is -0.174. The average molecular weight is 289 g/mol. The lowest BCUT2D eigenvalue weighted by Gasteiger charge is -2.10. The largest absolute Gasteiger partial charge is 0.493 e. The van der Waals surface area contributed by atoms with Crippen LogP contribution in [0.25, 0.3) is 0 Å². The van der Waals surface area contributed by atoms with Gasteiger partial charge in [0.15, 0.2) is 5.69 Å². The van der Waals surface area contributed by atoms with Crippen LogP contribution < -0.4 is 4.74 Å². The van der Waals surface area contributed by atoms with E-state index in [1.165, 1.54) is 5.56 Å². The fourth-order valence-corrected chi connectivity index (χ4v) is 2.13. The number of hydrogen-bond acceptors (Lipinski definition) is 4. The number of carbonyl (C=O) groups is 1. The van der Waals surface area contributed by atoms with Crippen molar-refractivity contribution in [1.82, 2.24) is 15.0 Å². The molecule has 6 nitrogen and oxygen atoms in total. The highest BCUT2D eigenvalue weighted by atomic mass is 16.5. The van der Waals surface area contributed by atoms with Crippen molar-refractivity contribution in [3.8, 4) is 5.75 Å². The fourth-order valence-electron chi connectivity index (χ4n) is 2.13. The zero-order valence-corrected chi connectivity index (χ0v) is 12.5. The number of ether oxygens (including phenoxy) is 1. The highest BCUT2D eigenvalue weighted by molar-refractivity contribution is 5.86. The molecule has 0 unspecified atom stereocenters. The zero-order chi connectivity index (χ0) is 15.4. The molecule has 0 spiro atoms. The van der Waals surface area contributed by atoms with Crippen molar-refractivity contribution < 1.29 is 14.6 Å². The molecule has 0 saturated heterocycles. The van der Waals surface area contributed by atoms with E-state index in [0.717, 1.165) is 17.7 Å². The molecular formula is C15H19N3O3. The lowest BCUT2D eigenvalue weighted by atomic mass is 10.1. The van der Waals surface area contributed by atoms with Crippen molar-refractivity contribution in [2.45, 2.75) is 33.7 Å². The molecule has 1 heterocycles. The van der Waals surface area contributed by atoms with Gasteiger partial charge in [-0.2, -0.15) is 0 Å². The molecule has 2 rings (SSSR count). The molecule has 0 aliphatic heterocycles. The topological polar surface area (TPSA) is 77.2 Å². The van der Waals surface area contributed by atoms with E-state index < -0.39 is 5.97 Å². The molecule has 0 aliphatic rings. The van der Waals surface area contributed by atoms with Crippen molar-refractivity contribution in [2.24, 2.45) is 0 Å². The second kappa shape index (κ2) is 6.39. The highest BCUT2D eigenvalue weighted by Crippen LogP contribution is 2.18. The van der Waals surface area contributed by atoms with Gasteiger partial charge in [-0.15, -0.1) is 5.10 Å². The van der Waals surface area contributed by atoms with Gasteiger partial charge in [-0.25, -0.2) is 9.48 Å². The molecule has 1 N–H and O–H groups in total. The van der Waals surface area contributed by atoms with Crippen LogP contribution in [0.2, 0.25) is 0 Å². The molecule has 112 valence electrons. The summed E-state index contributed by atoms with van der Waals surface area (Å²) in [4.78, 5) is 10.9. The molecule has 0 bridgehead atoms. The van der Waals surface area contributed by atoms with E-state index >= 15 is 0 Å². The Kier molecular flexibility index (Phi) is 4.57. The highest BCUT2D eigenvalue weighted by Gasteiger charge is 2.14. The number of aromatic nitrogens is 3. The number of benzene rings is 1. The molecule has 0 amide bonds. The second-order valence-electron chi connectivity index (χ2n) is 5.02. The minimum absolute atomic E-state index is 0.00490. The number of carboxylic acid groups (broad SMARTS) is 1. The molecule has 2 aromatic rings. The van der Waals surface area contributed by atoms with E-state index in [2.05, 4.69) is 16.4 Å². The molecule has 0 aliphatic carbocycles. The summed E-state index contributed by atoms with van der Waals surface area (Å²) >= 11 is 0. The van der Waals surface area contributed by atoms with Crippen molar-refractivity contribution in [1.29, 1.82) is 0 Å². The normalized spacial score (nSPS) is 10.6. The van der Waals surface area contributed by atoms with E-state index in [9.17, 15) is 4.79 Å². The third-order valence-electron chi connectivity index (χ3n) is 3.29. The fraction of sp³-hybridized carbons (Fsp3) is 0.400. The van der Waals surface area contributed by atoms with E-state index in [1.807, 2.05) is 26.0 Å². The van der Waals surface area contributed by atoms with Gasteiger partial charge in [0.25, 0.3) is 0 Å². The molecule has 1 aromatic carbocycles. The third-order valence-corrected chi connectivity index (χ3v) is 3.29. The molecular weight excluding hydrogens is 270 g/mol. The summed E-state index contributed by atoms with van der Waals surface area (Å²) in [6, 6.07) is 6.06. The predicted molar refractivity (Wildman–Crippen MR) is 77.7 cm³/mol. The molecule has 1 aromatic heterocycles. The quantitative estimate of drug-likeness (QED) is 0.826.